The van der Waals surface area contributed by atoms with Gasteiger partial charge in [-0.25, -0.2) is 4.79 Å². The van der Waals surface area contributed by atoms with E-state index in [1.54, 1.807) is 13.2 Å². The Bertz CT molecular complexity index is 587. The van der Waals surface area contributed by atoms with E-state index in [0.717, 1.165) is 41.7 Å². The highest BCUT2D eigenvalue weighted by Gasteiger charge is 2.40. The van der Waals surface area contributed by atoms with E-state index in [9.17, 15) is 4.79 Å². The van der Waals surface area contributed by atoms with E-state index in [0.29, 0.717) is 11.7 Å². The number of aliphatic imine (C=N–C) groups is 1. The predicted octanol–water partition coefficient (Wildman–Crippen LogP) is 3.96. The monoisotopic (exact) mass is 351 g/mol. The first kappa shape index (κ1) is 14.6. The fraction of sp³-hybridized carbons (Fsp3) is 0.562. The Morgan fingerprint density at radius 3 is 2.71 bits per heavy atom. The van der Waals surface area contributed by atoms with Crippen LogP contribution < -0.4 is 9.47 Å². The molecule has 0 spiro atoms. The molecule has 0 bridgehead atoms. The van der Waals surface area contributed by atoms with Gasteiger partial charge in [-0.15, -0.1) is 0 Å². The van der Waals surface area contributed by atoms with Crippen LogP contribution in [0.15, 0.2) is 21.6 Å². The second-order valence-electron chi connectivity index (χ2n) is 5.83. The number of nitrogens with zero attached hydrogens (tertiary/aromatic N) is 1. The van der Waals surface area contributed by atoms with Gasteiger partial charge >= 0.3 is 0 Å². The molecule has 2 aliphatic carbocycles. The smallest absolute Gasteiger partial charge is 0.235 e. The van der Waals surface area contributed by atoms with E-state index in [2.05, 4.69) is 20.9 Å². The molecule has 21 heavy (non-hydrogen) atoms. The van der Waals surface area contributed by atoms with Crippen molar-refractivity contribution in [3.63, 3.8) is 0 Å². The molecule has 4 nitrogen and oxygen atoms in total. The lowest BCUT2D eigenvalue weighted by atomic mass is 9.72. The maximum Gasteiger partial charge on any atom is 0.235 e. The molecular weight excluding hydrogens is 334 g/mol. The van der Waals surface area contributed by atoms with E-state index in [1.807, 2.05) is 12.1 Å². The maximum absolute atomic E-state index is 10.7. The molecule has 2 fully saturated rings. The highest BCUT2D eigenvalue weighted by atomic mass is 79.9. The van der Waals surface area contributed by atoms with Crippen LogP contribution in [-0.2, 0) is 10.3 Å². The van der Waals surface area contributed by atoms with Gasteiger partial charge in [0.15, 0.2) is 11.5 Å². The number of ether oxygens (including phenoxy) is 2. The van der Waals surface area contributed by atoms with Gasteiger partial charge in [0.25, 0.3) is 0 Å². The summed E-state index contributed by atoms with van der Waals surface area (Å²) in [6.07, 6.45) is 7.03. The molecule has 2 saturated carbocycles. The SMILES string of the molecule is COc1c(Br)cc(C2(N=C=O)CCC2)cc1OCC1CC1. The molecule has 0 N–H and O–H groups in total. The second kappa shape index (κ2) is 5.82. The van der Waals surface area contributed by atoms with Crippen molar-refractivity contribution in [3.8, 4) is 11.5 Å². The largest absolute Gasteiger partial charge is 0.492 e. The van der Waals surface area contributed by atoms with Gasteiger partial charge in [0, 0.05) is 0 Å². The van der Waals surface area contributed by atoms with Crippen molar-refractivity contribution in [3.05, 3.63) is 22.2 Å². The van der Waals surface area contributed by atoms with Gasteiger partial charge in [-0.1, -0.05) is 0 Å². The van der Waals surface area contributed by atoms with Crippen molar-refractivity contribution in [1.29, 1.82) is 0 Å². The summed E-state index contributed by atoms with van der Waals surface area (Å²) in [6.45, 7) is 0.718. The third-order valence-corrected chi connectivity index (χ3v) is 4.95. The lowest BCUT2D eigenvalue weighted by molar-refractivity contribution is 0.250. The minimum absolute atomic E-state index is 0.422. The van der Waals surface area contributed by atoms with Gasteiger partial charge in [0.2, 0.25) is 6.08 Å². The quantitative estimate of drug-likeness (QED) is 0.575. The summed E-state index contributed by atoms with van der Waals surface area (Å²) >= 11 is 3.53. The predicted molar refractivity (Wildman–Crippen MR) is 82.6 cm³/mol. The first-order valence-electron chi connectivity index (χ1n) is 7.28. The van der Waals surface area contributed by atoms with Crippen molar-refractivity contribution >= 4 is 22.0 Å². The van der Waals surface area contributed by atoms with Crippen LogP contribution in [0.5, 0.6) is 11.5 Å². The van der Waals surface area contributed by atoms with Crippen LogP contribution in [0.25, 0.3) is 0 Å². The zero-order chi connectivity index (χ0) is 14.9. The number of halogens is 1. The van der Waals surface area contributed by atoms with Gasteiger partial charge in [-0.3, -0.25) is 0 Å². The third kappa shape index (κ3) is 2.85. The van der Waals surface area contributed by atoms with Crippen molar-refractivity contribution in [1.82, 2.24) is 0 Å². The van der Waals surface area contributed by atoms with E-state index >= 15 is 0 Å². The van der Waals surface area contributed by atoms with Crippen molar-refractivity contribution in [2.24, 2.45) is 10.9 Å². The van der Waals surface area contributed by atoms with E-state index < -0.39 is 5.54 Å². The first-order valence-corrected chi connectivity index (χ1v) is 8.08. The number of rotatable bonds is 6. The second-order valence-corrected chi connectivity index (χ2v) is 6.69. The van der Waals surface area contributed by atoms with E-state index in [-0.39, 0.29) is 0 Å². The summed E-state index contributed by atoms with van der Waals surface area (Å²) in [7, 11) is 1.63. The van der Waals surface area contributed by atoms with E-state index in [1.165, 1.54) is 12.8 Å². The molecule has 1 aromatic carbocycles. The van der Waals surface area contributed by atoms with Crippen LogP contribution in [0, 0.1) is 5.92 Å². The number of benzene rings is 1. The Labute approximate surface area is 132 Å². The van der Waals surface area contributed by atoms with E-state index in [4.69, 9.17) is 9.47 Å². The average molecular weight is 352 g/mol. The zero-order valence-corrected chi connectivity index (χ0v) is 13.6. The Hall–Kier alpha value is -1.32. The Kier molecular flexibility index (Phi) is 4.05. The van der Waals surface area contributed by atoms with Gasteiger partial charge in [0.1, 0.15) is 0 Å². The third-order valence-electron chi connectivity index (χ3n) is 4.36. The Balaban J connectivity index is 1.95. The highest BCUT2D eigenvalue weighted by molar-refractivity contribution is 9.10. The van der Waals surface area contributed by atoms with Gasteiger partial charge < -0.3 is 9.47 Å². The fourth-order valence-electron chi connectivity index (χ4n) is 2.70. The fourth-order valence-corrected chi connectivity index (χ4v) is 3.30. The van der Waals surface area contributed by atoms with Crippen molar-refractivity contribution in [2.45, 2.75) is 37.6 Å². The summed E-state index contributed by atoms with van der Waals surface area (Å²) in [5.74, 6) is 2.09. The van der Waals surface area contributed by atoms with Gasteiger partial charge in [-0.2, -0.15) is 4.99 Å². The highest BCUT2D eigenvalue weighted by Crippen LogP contribution is 2.49. The summed E-state index contributed by atoms with van der Waals surface area (Å²) in [4.78, 5) is 14.8. The minimum atomic E-state index is -0.422. The maximum atomic E-state index is 10.7. The van der Waals surface area contributed by atoms with Crippen molar-refractivity contribution < 1.29 is 14.3 Å². The topological polar surface area (TPSA) is 47.9 Å². The van der Waals surface area contributed by atoms with Crippen LogP contribution in [0.1, 0.15) is 37.7 Å². The van der Waals surface area contributed by atoms with Gasteiger partial charge in [0.05, 0.1) is 23.7 Å². The molecular formula is C16H18BrNO3. The first-order chi connectivity index (χ1) is 10.2. The summed E-state index contributed by atoms with van der Waals surface area (Å²) < 4.78 is 12.2. The molecule has 0 aromatic heterocycles. The van der Waals surface area contributed by atoms with Crippen molar-refractivity contribution in [2.75, 3.05) is 13.7 Å². The summed E-state index contributed by atoms with van der Waals surface area (Å²) in [6, 6.07) is 3.94. The Morgan fingerprint density at radius 2 is 2.19 bits per heavy atom. The Morgan fingerprint density at radius 1 is 1.43 bits per heavy atom. The zero-order valence-electron chi connectivity index (χ0n) is 12.0. The number of methoxy groups -OCH3 is 1. The molecule has 3 rings (SSSR count). The molecule has 0 radical (unpaired) electrons. The molecule has 0 atom stereocenters. The standard InChI is InChI=1S/C16H18BrNO3/c1-20-15-13(17)7-12(16(18-10-19)5-2-6-16)8-14(15)21-9-11-3-4-11/h7-8,11H,2-6,9H2,1H3. The molecule has 0 saturated heterocycles. The van der Waals surface area contributed by atoms with Gasteiger partial charge in [-0.05, 0) is 71.6 Å². The van der Waals surface area contributed by atoms with Crippen LogP contribution >= 0.6 is 15.9 Å². The number of hydrogen-bond acceptors (Lipinski definition) is 4. The lowest BCUT2D eigenvalue weighted by Gasteiger charge is -2.37. The molecule has 0 aliphatic heterocycles. The summed E-state index contributed by atoms with van der Waals surface area (Å²) in [5, 5.41) is 0. The number of hydrogen-bond donors (Lipinski definition) is 0. The van der Waals surface area contributed by atoms with Crippen LogP contribution in [0.2, 0.25) is 0 Å². The molecule has 0 unspecified atom stereocenters. The number of isocyanates is 1. The average Bonchev–Trinajstić information content (AvgIpc) is 3.24. The molecule has 5 heteroatoms. The molecule has 112 valence electrons. The number of carbonyl (C=O) groups excluding carboxylic acids is 1. The molecule has 1 aromatic rings. The summed E-state index contributed by atoms with van der Waals surface area (Å²) in [5.41, 5.74) is 0.574. The molecule has 0 heterocycles. The molecule has 2 aliphatic rings. The minimum Gasteiger partial charge on any atom is -0.492 e. The molecule has 0 amide bonds. The van der Waals surface area contributed by atoms with Crippen LogP contribution in [0.3, 0.4) is 0 Å². The van der Waals surface area contributed by atoms with Crippen LogP contribution in [-0.4, -0.2) is 19.8 Å². The van der Waals surface area contributed by atoms with Crippen LogP contribution in [0.4, 0.5) is 0 Å². The normalized spacial score (nSPS) is 19.3. The lowest BCUT2D eigenvalue weighted by Crippen LogP contribution is -2.32.